The molecule has 2 aromatic rings. The van der Waals surface area contributed by atoms with Gasteiger partial charge in [-0.1, -0.05) is 12.1 Å². The van der Waals surface area contributed by atoms with Crippen LogP contribution in [0.15, 0.2) is 47.4 Å². The Hall–Kier alpha value is -3.06. The standard InChI is InChI=1S/C23H22O6S/c1-13(24)16-8-11-19-18(12-16)20(22(26)23(19,3)14(2)25)21(29-4)15-6-9-17(10-7-15)30(5,27)28/h6-12H,1-5H3/b21-20-. The van der Waals surface area contributed by atoms with Crippen LogP contribution in [0, 0.1) is 0 Å². The van der Waals surface area contributed by atoms with Crippen molar-refractivity contribution in [3.63, 3.8) is 0 Å². The number of hydrogen-bond acceptors (Lipinski definition) is 6. The largest absolute Gasteiger partial charge is 0.495 e. The number of methoxy groups -OCH3 is 1. The van der Waals surface area contributed by atoms with Crippen molar-refractivity contribution in [2.45, 2.75) is 31.1 Å². The van der Waals surface area contributed by atoms with Gasteiger partial charge in [0.05, 0.1) is 17.6 Å². The summed E-state index contributed by atoms with van der Waals surface area (Å²) in [4.78, 5) is 38.0. The molecule has 30 heavy (non-hydrogen) atoms. The summed E-state index contributed by atoms with van der Waals surface area (Å²) in [6.45, 7) is 4.35. The van der Waals surface area contributed by atoms with Gasteiger partial charge < -0.3 is 4.74 Å². The summed E-state index contributed by atoms with van der Waals surface area (Å²) in [5.74, 6) is -0.693. The summed E-state index contributed by atoms with van der Waals surface area (Å²) in [5, 5.41) is 0. The third kappa shape index (κ3) is 3.29. The van der Waals surface area contributed by atoms with Crippen LogP contribution < -0.4 is 0 Å². The number of ketones is 3. The third-order valence-electron chi connectivity index (χ3n) is 5.60. The molecule has 3 rings (SSSR count). The molecule has 0 saturated heterocycles. The molecule has 0 radical (unpaired) electrons. The predicted octanol–water partition coefficient (Wildman–Crippen LogP) is 3.24. The number of carbonyl (C=O) groups is 3. The molecule has 2 aromatic carbocycles. The van der Waals surface area contributed by atoms with E-state index in [2.05, 4.69) is 0 Å². The monoisotopic (exact) mass is 426 g/mol. The SMILES string of the molecule is CO/C(=C1\C(=O)C(C)(C(C)=O)c2ccc(C(C)=O)cc21)c1ccc(S(C)(=O)=O)cc1. The zero-order valence-corrected chi connectivity index (χ0v) is 18.2. The van der Waals surface area contributed by atoms with Gasteiger partial charge in [-0.2, -0.15) is 0 Å². The Morgan fingerprint density at radius 2 is 1.53 bits per heavy atom. The molecule has 0 aliphatic heterocycles. The summed E-state index contributed by atoms with van der Waals surface area (Å²) in [6, 6.07) is 10.8. The Balaban J connectivity index is 2.33. The number of Topliss-reactive ketones (excluding diaryl/α,β-unsaturated/α-hetero) is 3. The Morgan fingerprint density at radius 1 is 0.967 bits per heavy atom. The van der Waals surface area contributed by atoms with Crippen LogP contribution in [0.1, 0.15) is 47.8 Å². The molecule has 0 bridgehead atoms. The molecule has 0 fully saturated rings. The van der Waals surface area contributed by atoms with E-state index in [1.165, 1.54) is 33.1 Å². The smallest absolute Gasteiger partial charge is 0.184 e. The predicted molar refractivity (Wildman–Crippen MR) is 113 cm³/mol. The van der Waals surface area contributed by atoms with Gasteiger partial charge in [-0.3, -0.25) is 14.4 Å². The van der Waals surface area contributed by atoms with Crippen molar-refractivity contribution in [3.05, 3.63) is 64.7 Å². The Labute approximate surface area is 175 Å². The molecule has 0 N–H and O–H groups in total. The zero-order valence-electron chi connectivity index (χ0n) is 17.4. The second-order valence-corrected chi connectivity index (χ2v) is 9.55. The molecule has 156 valence electrons. The van der Waals surface area contributed by atoms with E-state index in [4.69, 9.17) is 4.74 Å². The lowest BCUT2D eigenvalue weighted by Crippen LogP contribution is -2.35. The fourth-order valence-corrected chi connectivity index (χ4v) is 4.32. The first kappa shape index (κ1) is 21.6. The van der Waals surface area contributed by atoms with E-state index in [1.54, 1.807) is 37.3 Å². The van der Waals surface area contributed by atoms with Crippen LogP contribution in [0.5, 0.6) is 0 Å². The highest BCUT2D eigenvalue weighted by atomic mass is 32.2. The van der Waals surface area contributed by atoms with Gasteiger partial charge in [-0.05, 0) is 62.2 Å². The normalized spacial score (nSPS) is 20.0. The molecule has 0 aromatic heterocycles. The lowest BCUT2D eigenvalue weighted by Gasteiger charge is -2.19. The summed E-state index contributed by atoms with van der Waals surface area (Å²) < 4.78 is 29.1. The molecule has 1 unspecified atom stereocenters. The highest BCUT2D eigenvalue weighted by molar-refractivity contribution is 7.90. The van der Waals surface area contributed by atoms with Gasteiger partial charge in [0.1, 0.15) is 17.0 Å². The maximum Gasteiger partial charge on any atom is 0.184 e. The molecule has 0 amide bonds. The molecule has 1 atom stereocenters. The second kappa shape index (κ2) is 7.32. The van der Waals surface area contributed by atoms with Gasteiger partial charge in [-0.25, -0.2) is 8.42 Å². The minimum atomic E-state index is -3.38. The minimum Gasteiger partial charge on any atom is -0.495 e. The van der Waals surface area contributed by atoms with Gasteiger partial charge in [0.15, 0.2) is 21.4 Å². The fourth-order valence-electron chi connectivity index (χ4n) is 3.69. The molecular formula is C23H22O6S. The van der Waals surface area contributed by atoms with Gasteiger partial charge in [0.2, 0.25) is 0 Å². The quantitative estimate of drug-likeness (QED) is 0.315. The summed E-state index contributed by atoms with van der Waals surface area (Å²) >= 11 is 0. The first-order valence-electron chi connectivity index (χ1n) is 9.23. The molecular weight excluding hydrogens is 404 g/mol. The van der Waals surface area contributed by atoms with Crippen LogP contribution >= 0.6 is 0 Å². The highest BCUT2D eigenvalue weighted by Crippen LogP contribution is 2.46. The molecule has 6 nitrogen and oxygen atoms in total. The van der Waals surface area contributed by atoms with E-state index in [-0.39, 0.29) is 27.8 Å². The average molecular weight is 426 g/mol. The number of benzene rings is 2. The topological polar surface area (TPSA) is 94.6 Å². The number of carbonyl (C=O) groups excluding carboxylic acids is 3. The summed E-state index contributed by atoms with van der Waals surface area (Å²) in [6.07, 6.45) is 1.11. The first-order valence-corrected chi connectivity index (χ1v) is 11.1. The van der Waals surface area contributed by atoms with E-state index in [0.29, 0.717) is 22.3 Å². The minimum absolute atomic E-state index is 0.136. The van der Waals surface area contributed by atoms with Crippen molar-refractivity contribution in [2.75, 3.05) is 13.4 Å². The van der Waals surface area contributed by atoms with Crippen molar-refractivity contribution in [1.82, 2.24) is 0 Å². The van der Waals surface area contributed by atoms with Gasteiger partial charge in [0, 0.05) is 17.4 Å². The molecule has 1 aliphatic carbocycles. The molecule has 0 saturated carbocycles. The number of allylic oxidation sites excluding steroid dienone is 1. The maximum atomic E-state index is 13.5. The van der Waals surface area contributed by atoms with Crippen molar-refractivity contribution in [3.8, 4) is 0 Å². The lowest BCUT2D eigenvalue weighted by molar-refractivity contribution is -0.129. The van der Waals surface area contributed by atoms with Crippen LogP contribution in [0.25, 0.3) is 11.3 Å². The number of ether oxygens (including phenoxy) is 1. The Morgan fingerprint density at radius 3 is 2.00 bits per heavy atom. The van der Waals surface area contributed by atoms with Gasteiger partial charge in [-0.15, -0.1) is 0 Å². The number of sulfone groups is 1. The summed E-state index contributed by atoms with van der Waals surface area (Å²) in [5.41, 5.74) is 0.684. The lowest BCUT2D eigenvalue weighted by atomic mass is 9.79. The van der Waals surface area contributed by atoms with E-state index >= 15 is 0 Å². The van der Waals surface area contributed by atoms with Crippen LogP contribution in [-0.2, 0) is 29.6 Å². The van der Waals surface area contributed by atoms with Crippen molar-refractivity contribution in [2.24, 2.45) is 0 Å². The van der Waals surface area contributed by atoms with Gasteiger partial charge >= 0.3 is 0 Å². The van der Waals surface area contributed by atoms with E-state index < -0.39 is 21.0 Å². The highest BCUT2D eigenvalue weighted by Gasteiger charge is 2.50. The van der Waals surface area contributed by atoms with Gasteiger partial charge in [0.25, 0.3) is 0 Å². The zero-order chi connectivity index (χ0) is 22.4. The van der Waals surface area contributed by atoms with E-state index in [0.717, 1.165) is 6.26 Å². The molecule has 0 spiro atoms. The molecule has 7 heteroatoms. The number of hydrogen-bond donors (Lipinski definition) is 0. The first-order chi connectivity index (χ1) is 13.9. The average Bonchev–Trinajstić information content (AvgIpc) is 2.91. The van der Waals surface area contributed by atoms with Crippen LogP contribution in [0.4, 0.5) is 0 Å². The van der Waals surface area contributed by atoms with Crippen LogP contribution in [-0.4, -0.2) is 39.1 Å². The molecule has 1 aliphatic rings. The number of rotatable bonds is 5. The maximum absolute atomic E-state index is 13.5. The van der Waals surface area contributed by atoms with Crippen molar-refractivity contribution >= 4 is 38.5 Å². The fraction of sp³-hybridized carbons (Fsp3) is 0.261. The van der Waals surface area contributed by atoms with E-state index in [9.17, 15) is 22.8 Å². The van der Waals surface area contributed by atoms with E-state index in [1.807, 2.05) is 0 Å². The second-order valence-electron chi connectivity index (χ2n) is 7.53. The van der Waals surface area contributed by atoms with Crippen molar-refractivity contribution in [1.29, 1.82) is 0 Å². The Bertz CT molecular complexity index is 1220. The van der Waals surface area contributed by atoms with Crippen LogP contribution in [0.2, 0.25) is 0 Å². The van der Waals surface area contributed by atoms with Crippen LogP contribution in [0.3, 0.4) is 0 Å². The number of fused-ring (bicyclic) bond motifs is 1. The van der Waals surface area contributed by atoms with Crippen molar-refractivity contribution < 1.29 is 27.5 Å². The third-order valence-corrected chi connectivity index (χ3v) is 6.72. The summed E-state index contributed by atoms with van der Waals surface area (Å²) in [7, 11) is -1.98. The Kier molecular flexibility index (Phi) is 5.28. The molecule has 0 heterocycles.